The summed E-state index contributed by atoms with van der Waals surface area (Å²) < 4.78 is 8.04. The summed E-state index contributed by atoms with van der Waals surface area (Å²) in [6, 6.07) is 1.91. The van der Waals surface area contributed by atoms with E-state index in [4.69, 9.17) is 4.74 Å². The molecule has 0 amide bonds. The highest BCUT2D eigenvalue weighted by molar-refractivity contribution is 5.95. The number of aromatic nitrogens is 1. The van der Waals surface area contributed by atoms with Crippen molar-refractivity contribution in [3.63, 3.8) is 0 Å². The minimum atomic E-state index is 0.0126. The SMILES string of the molecule is CCCC(=O)c1ccn(CC2CCC(C)(C)O2)c1. The summed E-state index contributed by atoms with van der Waals surface area (Å²) in [7, 11) is 0. The largest absolute Gasteiger partial charge is 0.370 e. The predicted molar refractivity (Wildman–Crippen MR) is 71.9 cm³/mol. The summed E-state index contributed by atoms with van der Waals surface area (Å²) >= 11 is 0. The van der Waals surface area contributed by atoms with E-state index in [0.717, 1.165) is 31.4 Å². The lowest BCUT2D eigenvalue weighted by Gasteiger charge is -2.19. The van der Waals surface area contributed by atoms with Crippen LogP contribution in [0.1, 0.15) is 56.8 Å². The Morgan fingerprint density at radius 2 is 2.33 bits per heavy atom. The van der Waals surface area contributed by atoms with Crippen LogP contribution in [0.2, 0.25) is 0 Å². The van der Waals surface area contributed by atoms with Gasteiger partial charge in [0.2, 0.25) is 0 Å². The van der Waals surface area contributed by atoms with Crippen molar-refractivity contribution < 1.29 is 9.53 Å². The number of carbonyl (C=O) groups excluding carboxylic acids is 1. The number of hydrogen-bond donors (Lipinski definition) is 0. The van der Waals surface area contributed by atoms with Crippen molar-refractivity contribution >= 4 is 5.78 Å². The summed E-state index contributed by atoms with van der Waals surface area (Å²) in [5.74, 6) is 0.240. The molecular formula is C15H23NO2. The second-order valence-corrected chi connectivity index (χ2v) is 5.81. The Hall–Kier alpha value is -1.09. The van der Waals surface area contributed by atoms with Gasteiger partial charge in [-0.15, -0.1) is 0 Å². The number of hydrogen-bond acceptors (Lipinski definition) is 2. The summed E-state index contributed by atoms with van der Waals surface area (Å²) in [6.07, 6.45) is 7.97. The molecule has 1 aliphatic heterocycles. The number of carbonyl (C=O) groups is 1. The van der Waals surface area contributed by atoms with Crippen molar-refractivity contribution in [2.45, 2.75) is 64.7 Å². The third-order valence-corrected chi connectivity index (χ3v) is 3.52. The van der Waals surface area contributed by atoms with Crippen LogP contribution >= 0.6 is 0 Å². The van der Waals surface area contributed by atoms with Crippen molar-refractivity contribution in [1.82, 2.24) is 4.57 Å². The zero-order valence-electron chi connectivity index (χ0n) is 11.6. The topological polar surface area (TPSA) is 31.2 Å². The molecule has 3 nitrogen and oxygen atoms in total. The molecule has 100 valence electrons. The average Bonchev–Trinajstić information content (AvgIpc) is 2.86. The zero-order chi connectivity index (χ0) is 13.2. The number of Topliss-reactive ketones (excluding diaryl/α,β-unsaturated/α-hetero) is 1. The lowest BCUT2D eigenvalue weighted by molar-refractivity contribution is -0.0216. The van der Waals surface area contributed by atoms with Crippen molar-refractivity contribution in [2.75, 3.05) is 0 Å². The molecule has 0 bridgehead atoms. The van der Waals surface area contributed by atoms with E-state index in [0.29, 0.717) is 6.42 Å². The highest BCUT2D eigenvalue weighted by atomic mass is 16.5. The molecule has 1 atom stereocenters. The minimum absolute atomic E-state index is 0.0126. The molecular weight excluding hydrogens is 226 g/mol. The monoisotopic (exact) mass is 249 g/mol. The van der Waals surface area contributed by atoms with E-state index < -0.39 is 0 Å². The first-order chi connectivity index (χ1) is 8.50. The molecule has 0 spiro atoms. The molecule has 0 N–H and O–H groups in total. The molecule has 0 aromatic carbocycles. The Morgan fingerprint density at radius 1 is 1.56 bits per heavy atom. The fourth-order valence-electron chi connectivity index (χ4n) is 2.53. The van der Waals surface area contributed by atoms with Crippen LogP contribution in [0.4, 0.5) is 0 Å². The maximum Gasteiger partial charge on any atom is 0.164 e. The molecule has 3 heteroatoms. The first-order valence-electron chi connectivity index (χ1n) is 6.87. The Morgan fingerprint density at radius 3 is 2.94 bits per heavy atom. The van der Waals surface area contributed by atoms with Gasteiger partial charge in [0.15, 0.2) is 5.78 Å². The van der Waals surface area contributed by atoms with E-state index in [2.05, 4.69) is 18.4 Å². The fourth-order valence-corrected chi connectivity index (χ4v) is 2.53. The lowest BCUT2D eigenvalue weighted by atomic mass is 10.1. The van der Waals surface area contributed by atoms with Crippen LogP contribution in [0.25, 0.3) is 0 Å². The standard InChI is InChI=1S/C15H23NO2/c1-4-5-14(17)12-7-9-16(10-12)11-13-6-8-15(2,3)18-13/h7,9-10,13H,4-6,8,11H2,1-3H3. The molecule has 1 fully saturated rings. The van der Waals surface area contributed by atoms with Crippen LogP contribution in [-0.4, -0.2) is 22.1 Å². The third-order valence-electron chi connectivity index (χ3n) is 3.52. The quantitative estimate of drug-likeness (QED) is 0.749. The van der Waals surface area contributed by atoms with Gasteiger partial charge in [0.05, 0.1) is 11.7 Å². The van der Waals surface area contributed by atoms with Crippen LogP contribution in [0.3, 0.4) is 0 Å². The highest BCUT2D eigenvalue weighted by Gasteiger charge is 2.31. The second kappa shape index (κ2) is 5.27. The molecule has 1 aliphatic rings. The number of ketones is 1. The number of rotatable bonds is 5. The molecule has 0 aliphatic carbocycles. The van der Waals surface area contributed by atoms with Crippen LogP contribution in [0, 0.1) is 0 Å². The van der Waals surface area contributed by atoms with Gasteiger partial charge < -0.3 is 9.30 Å². The van der Waals surface area contributed by atoms with Crippen molar-refractivity contribution in [1.29, 1.82) is 0 Å². The molecule has 2 heterocycles. The molecule has 0 radical (unpaired) electrons. The Labute approximate surface area is 109 Å². The maximum absolute atomic E-state index is 11.8. The van der Waals surface area contributed by atoms with Gasteiger partial charge in [-0.25, -0.2) is 0 Å². The summed E-state index contributed by atoms with van der Waals surface area (Å²) in [5, 5.41) is 0. The molecule has 1 aromatic rings. The lowest BCUT2D eigenvalue weighted by Crippen LogP contribution is -2.22. The molecule has 18 heavy (non-hydrogen) atoms. The van der Waals surface area contributed by atoms with Gasteiger partial charge >= 0.3 is 0 Å². The molecule has 2 rings (SSSR count). The van der Waals surface area contributed by atoms with Crippen molar-refractivity contribution in [2.24, 2.45) is 0 Å². The number of nitrogens with zero attached hydrogens (tertiary/aromatic N) is 1. The maximum atomic E-state index is 11.8. The van der Waals surface area contributed by atoms with Gasteiger partial charge in [-0.3, -0.25) is 4.79 Å². The van der Waals surface area contributed by atoms with Gasteiger partial charge in [-0.1, -0.05) is 6.92 Å². The van der Waals surface area contributed by atoms with Gasteiger partial charge in [0.1, 0.15) is 0 Å². The minimum Gasteiger partial charge on any atom is -0.370 e. The first-order valence-corrected chi connectivity index (χ1v) is 6.87. The Kier molecular flexibility index (Phi) is 3.91. The van der Waals surface area contributed by atoms with Crippen LogP contribution in [0.15, 0.2) is 18.5 Å². The summed E-state index contributed by atoms with van der Waals surface area (Å²) in [4.78, 5) is 11.8. The number of ether oxygens (including phenoxy) is 1. The van der Waals surface area contributed by atoms with Gasteiger partial charge in [-0.2, -0.15) is 0 Å². The summed E-state index contributed by atoms with van der Waals surface area (Å²) in [6.45, 7) is 7.16. The zero-order valence-corrected chi connectivity index (χ0v) is 11.6. The van der Waals surface area contributed by atoms with Gasteiger partial charge in [0.25, 0.3) is 0 Å². The smallest absolute Gasteiger partial charge is 0.164 e. The fraction of sp³-hybridized carbons (Fsp3) is 0.667. The van der Waals surface area contributed by atoms with E-state index >= 15 is 0 Å². The predicted octanol–water partition coefficient (Wildman–Crippen LogP) is 3.43. The van der Waals surface area contributed by atoms with Gasteiger partial charge in [0, 0.05) is 30.9 Å². The second-order valence-electron chi connectivity index (χ2n) is 5.81. The van der Waals surface area contributed by atoms with Crippen LogP contribution < -0.4 is 0 Å². The Balaban J connectivity index is 1.93. The Bertz CT molecular complexity index is 420. The average molecular weight is 249 g/mol. The van der Waals surface area contributed by atoms with E-state index in [-0.39, 0.29) is 17.5 Å². The van der Waals surface area contributed by atoms with Crippen LogP contribution in [0.5, 0.6) is 0 Å². The van der Waals surface area contributed by atoms with E-state index in [1.807, 2.05) is 25.4 Å². The van der Waals surface area contributed by atoms with E-state index in [9.17, 15) is 4.79 Å². The molecule has 1 unspecified atom stereocenters. The molecule has 1 saturated heterocycles. The summed E-state index contributed by atoms with van der Waals surface area (Å²) in [5.41, 5.74) is 0.840. The normalized spacial score (nSPS) is 22.3. The van der Waals surface area contributed by atoms with E-state index in [1.165, 1.54) is 0 Å². The first kappa shape index (κ1) is 13.3. The third kappa shape index (κ3) is 3.22. The van der Waals surface area contributed by atoms with Crippen molar-refractivity contribution in [3.8, 4) is 0 Å². The van der Waals surface area contributed by atoms with Crippen LogP contribution in [-0.2, 0) is 11.3 Å². The van der Waals surface area contributed by atoms with Crippen molar-refractivity contribution in [3.05, 3.63) is 24.0 Å². The molecule has 0 saturated carbocycles. The molecule has 1 aromatic heterocycles. The van der Waals surface area contributed by atoms with E-state index in [1.54, 1.807) is 0 Å². The van der Waals surface area contributed by atoms with Gasteiger partial charge in [-0.05, 0) is 39.2 Å². The highest BCUT2D eigenvalue weighted by Crippen LogP contribution is 2.30.